The van der Waals surface area contributed by atoms with Crippen LogP contribution in [0.2, 0.25) is 0 Å². The maximum absolute atomic E-state index is 9.66. The summed E-state index contributed by atoms with van der Waals surface area (Å²) >= 11 is 0. The SMILES string of the molecule is C1CC1CC1CC1.C=C(C)C(C)=N/C(CN1CCC(O)C1)=C(C)/C=C\C=C/C. The average molecular weight is 385 g/mol. The van der Waals surface area contributed by atoms with Crippen molar-refractivity contribution in [2.75, 3.05) is 19.6 Å². The summed E-state index contributed by atoms with van der Waals surface area (Å²) in [6.45, 7) is 14.4. The van der Waals surface area contributed by atoms with Crippen LogP contribution in [0, 0.1) is 11.8 Å². The zero-order valence-electron chi connectivity index (χ0n) is 18.5. The molecule has 1 atom stereocenters. The molecule has 0 spiro atoms. The third kappa shape index (κ3) is 9.16. The molecule has 1 heterocycles. The molecule has 3 rings (SSSR count). The molecule has 0 radical (unpaired) electrons. The minimum absolute atomic E-state index is 0.198. The number of hydrogen-bond donors (Lipinski definition) is 1. The number of hydrogen-bond acceptors (Lipinski definition) is 3. The maximum atomic E-state index is 9.66. The van der Waals surface area contributed by atoms with Crippen LogP contribution in [0.3, 0.4) is 0 Å². The Morgan fingerprint density at radius 3 is 2.18 bits per heavy atom. The van der Waals surface area contributed by atoms with Gasteiger partial charge in [-0.05, 0) is 63.5 Å². The second-order valence-corrected chi connectivity index (χ2v) is 8.79. The molecule has 0 aromatic carbocycles. The number of β-amino-alcohol motifs (C(OH)–C–C–N with tert-alkyl or cyclic N) is 1. The maximum Gasteiger partial charge on any atom is 0.0679 e. The molecule has 1 aliphatic heterocycles. The van der Waals surface area contributed by atoms with Crippen molar-refractivity contribution in [3.8, 4) is 0 Å². The zero-order valence-corrected chi connectivity index (χ0v) is 18.5. The van der Waals surface area contributed by atoms with Gasteiger partial charge in [-0.3, -0.25) is 9.89 Å². The molecule has 1 unspecified atom stereocenters. The van der Waals surface area contributed by atoms with Gasteiger partial charge in [0.2, 0.25) is 0 Å². The van der Waals surface area contributed by atoms with Gasteiger partial charge in [0.25, 0.3) is 0 Å². The second kappa shape index (κ2) is 11.5. The van der Waals surface area contributed by atoms with E-state index in [1.807, 2.05) is 39.0 Å². The second-order valence-electron chi connectivity index (χ2n) is 8.79. The highest BCUT2D eigenvalue weighted by molar-refractivity contribution is 5.97. The Bertz CT molecular complexity index is 623. The van der Waals surface area contributed by atoms with Crippen molar-refractivity contribution >= 4 is 5.71 Å². The molecule has 0 amide bonds. The first-order chi connectivity index (χ1) is 13.4. The van der Waals surface area contributed by atoms with Crippen LogP contribution in [-0.2, 0) is 0 Å². The van der Waals surface area contributed by atoms with E-state index in [1.165, 1.54) is 11.8 Å². The summed E-state index contributed by atoms with van der Waals surface area (Å²) in [5, 5.41) is 9.66. The van der Waals surface area contributed by atoms with Crippen LogP contribution in [0.15, 0.2) is 52.7 Å². The van der Waals surface area contributed by atoms with E-state index in [-0.39, 0.29) is 6.10 Å². The third-order valence-corrected chi connectivity index (χ3v) is 5.71. The molecule has 1 saturated heterocycles. The molecular weight excluding hydrogens is 344 g/mol. The molecule has 2 saturated carbocycles. The van der Waals surface area contributed by atoms with E-state index in [2.05, 4.69) is 24.5 Å². The van der Waals surface area contributed by atoms with Gasteiger partial charge in [0.1, 0.15) is 0 Å². The molecule has 2 aliphatic carbocycles. The van der Waals surface area contributed by atoms with Crippen molar-refractivity contribution in [2.45, 2.75) is 72.3 Å². The van der Waals surface area contributed by atoms with E-state index in [1.54, 1.807) is 32.1 Å². The van der Waals surface area contributed by atoms with Crippen LogP contribution < -0.4 is 0 Å². The monoisotopic (exact) mass is 384 g/mol. The molecule has 156 valence electrons. The summed E-state index contributed by atoms with van der Waals surface area (Å²) in [5.41, 5.74) is 4.14. The smallest absolute Gasteiger partial charge is 0.0679 e. The third-order valence-electron chi connectivity index (χ3n) is 5.71. The summed E-state index contributed by atoms with van der Waals surface area (Å²) in [6.07, 6.45) is 16.6. The van der Waals surface area contributed by atoms with Gasteiger partial charge in [-0.25, -0.2) is 0 Å². The molecule has 0 aromatic rings. The highest BCUT2D eigenvalue weighted by Crippen LogP contribution is 2.43. The van der Waals surface area contributed by atoms with Gasteiger partial charge in [-0.1, -0.05) is 56.6 Å². The van der Waals surface area contributed by atoms with Crippen molar-refractivity contribution < 1.29 is 5.11 Å². The summed E-state index contributed by atoms with van der Waals surface area (Å²) < 4.78 is 0. The summed E-state index contributed by atoms with van der Waals surface area (Å²) in [7, 11) is 0. The minimum atomic E-state index is -0.198. The predicted octanol–water partition coefficient (Wildman–Crippen LogP) is 5.69. The van der Waals surface area contributed by atoms with Crippen LogP contribution in [0.1, 0.15) is 66.2 Å². The van der Waals surface area contributed by atoms with Gasteiger partial charge in [0, 0.05) is 25.3 Å². The number of aliphatic hydroxyl groups is 1. The van der Waals surface area contributed by atoms with E-state index in [4.69, 9.17) is 4.99 Å². The lowest BCUT2D eigenvalue weighted by molar-refractivity contribution is 0.179. The Morgan fingerprint density at radius 1 is 1.07 bits per heavy atom. The molecule has 0 bridgehead atoms. The summed E-state index contributed by atoms with van der Waals surface area (Å²) in [4.78, 5) is 6.99. The Balaban J connectivity index is 0.000000327. The quantitative estimate of drug-likeness (QED) is 0.431. The lowest BCUT2D eigenvalue weighted by atomic mass is 10.1. The lowest BCUT2D eigenvalue weighted by Crippen LogP contribution is -2.24. The highest BCUT2D eigenvalue weighted by Gasteiger charge is 2.30. The van der Waals surface area contributed by atoms with Crippen LogP contribution in [0.5, 0.6) is 0 Å². The molecule has 3 aliphatic rings. The van der Waals surface area contributed by atoms with Crippen molar-refractivity contribution in [1.82, 2.24) is 4.90 Å². The van der Waals surface area contributed by atoms with E-state index in [0.29, 0.717) is 0 Å². The van der Waals surface area contributed by atoms with Gasteiger partial charge >= 0.3 is 0 Å². The zero-order chi connectivity index (χ0) is 20.5. The Morgan fingerprint density at radius 2 is 1.71 bits per heavy atom. The fraction of sp³-hybridized carbons (Fsp3) is 0.640. The highest BCUT2D eigenvalue weighted by atomic mass is 16.3. The van der Waals surface area contributed by atoms with E-state index in [0.717, 1.165) is 48.6 Å². The van der Waals surface area contributed by atoms with E-state index in [9.17, 15) is 5.11 Å². The summed E-state index contributed by atoms with van der Waals surface area (Å²) in [5.74, 6) is 2.37. The molecule has 3 heteroatoms. The first-order valence-corrected chi connectivity index (χ1v) is 11.0. The van der Waals surface area contributed by atoms with E-state index < -0.39 is 0 Å². The number of allylic oxidation sites excluding steroid dienone is 6. The summed E-state index contributed by atoms with van der Waals surface area (Å²) in [6, 6.07) is 0. The fourth-order valence-corrected chi connectivity index (χ4v) is 3.30. The van der Waals surface area contributed by atoms with Crippen LogP contribution in [-0.4, -0.2) is 41.5 Å². The first kappa shape index (κ1) is 22.8. The van der Waals surface area contributed by atoms with Crippen molar-refractivity contribution in [2.24, 2.45) is 16.8 Å². The molecule has 28 heavy (non-hydrogen) atoms. The average Bonchev–Trinajstić information content (AvgIpc) is 3.58. The Kier molecular flexibility index (Phi) is 9.40. The van der Waals surface area contributed by atoms with Gasteiger partial charge in [0.05, 0.1) is 11.8 Å². The van der Waals surface area contributed by atoms with Crippen LogP contribution in [0.4, 0.5) is 0 Å². The molecule has 3 nitrogen and oxygen atoms in total. The molecular formula is C25H40N2O. The van der Waals surface area contributed by atoms with Crippen molar-refractivity contribution in [1.29, 1.82) is 0 Å². The largest absolute Gasteiger partial charge is 0.392 e. The molecule has 0 aromatic heterocycles. The number of aliphatic hydroxyl groups excluding tert-OH is 1. The number of likely N-dealkylation sites (tertiary alicyclic amines) is 1. The van der Waals surface area contributed by atoms with Crippen molar-refractivity contribution in [3.05, 3.63) is 47.7 Å². The minimum Gasteiger partial charge on any atom is -0.392 e. The Labute approximate surface area is 172 Å². The molecule has 3 fully saturated rings. The van der Waals surface area contributed by atoms with Crippen LogP contribution >= 0.6 is 0 Å². The first-order valence-electron chi connectivity index (χ1n) is 11.0. The van der Waals surface area contributed by atoms with Crippen LogP contribution in [0.25, 0.3) is 0 Å². The lowest BCUT2D eigenvalue weighted by Gasteiger charge is -2.17. The van der Waals surface area contributed by atoms with Gasteiger partial charge in [-0.15, -0.1) is 0 Å². The number of nitrogens with zero attached hydrogens (tertiary/aromatic N) is 2. The standard InChI is InChI=1S/C18H28N2O.C7H12/c1-6-7-8-9-15(4)18(19-16(5)14(2)3)13-20-11-10-17(21)12-20;1-2-6(1)5-7-3-4-7/h6-9,17,21H,2,10-13H2,1,3-5H3;6-7H,1-5H2/b7-6-,9-8-,18-15+,19-16?;. The van der Waals surface area contributed by atoms with Gasteiger partial charge < -0.3 is 5.11 Å². The fourth-order valence-electron chi connectivity index (χ4n) is 3.30. The van der Waals surface area contributed by atoms with Gasteiger partial charge in [-0.2, -0.15) is 0 Å². The van der Waals surface area contributed by atoms with Gasteiger partial charge in [0.15, 0.2) is 0 Å². The van der Waals surface area contributed by atoms with E-state index >= 15 is 0 Å². The normalized spacial score (nSPS) is 24.5. The Hall–Kier alpha value is -1.45. The number of rotatable bonds is 8. The topological polar surface area (TPSA) is 35.8 Å². The molecule has 1 N–H and O–H groups in total. The predicted molar refractivity (Wildman–Crippen MR) is 122 cm³/mol. The van der Waals surface area contributed by atoms with Crippen molar-refractivity contribution in [3.63, 3.8) is 0 Å². The number of aliphatic imine (C=N–C) groups is 1.